The molecule has 6 heteroatoms. The summed E-state index contributed by atoms with van der Waals surface area (Å²) in [4.78, 5) is 25.0. The number of thiocarbonyl (C=S) groups is 1. The third-order valence-corrected chi connectivity index (χ3v) is 3.49. The first-order chi connectivity index (χ1) is 9.08. The van der Waals surface area contributed by atoms with E-state index in [2.05, 4.69) is 5.32 Å². The van der Waals surface area contributed by atoms with Crippen LogP contribution in [-0.2, 0) is 14.3 Å². The molecule has 0 aromatic carbocycles. The van der Waals surface area contributed by atoms with Gasteiger partial charge >= 0.3 is 5.97 Å². The van der Waals surface area contributed by atoms with Gasteiger partial charge in [0.2, 0.25) is 5.91 Å². The summed E-state index contributed by atoms with van der Waals surface area (Å²) in [6, 6.07) is 0. The number of piperidine rings is 1. The fourth-order valence-corrected chi connectivity index (χ4v) is 2.36. The van der Waals surface area contributed by atoms with E-state index < -0.39 is 0 Å². The number of esters is 1. The average Bonchev–Trinajstić information content (AvgIpc) is 2.39. The van der Waals surface area contributed by atoms with E-state index in [4.69, 9.17) is 17.0 Å². The molecule has 0 aromatic rings. The number of carbonyl (C=O) groups excluding carboxylic acids is 2. The molecule has 0 bridgehead atoms. The van der Waals surface area contributed by atoms with Crippen LogP contribution in [0.4, 0.5) is 0 Å². The molecule has 0 atom stereocenters. The minimum Gasteiger partial charge on any atom is -0.466 e. The Labute approximate surface area is 119 Å². The van der Waals surface area contributed by atoms with Crippen LogP contribution < -0.4 is 5.32 Å². The molecule has 19 heavy (non-hydrogen) atoms. The molecular formula is C13H22N2O3S. The molecule has 0 radical (unpaired) electrons. The van der Waals surface area contributed by atoms with E-state index in [0.29, 0.717) is 31.2 Å². The van der Waals surface area contributed by atoms with Crippen LogP contribution in [0, 0.1) is 5.92 Å². The highest BCUT2D eigenvalue weighted by atomic mass is 32.1. The van der Waals surface area contributed by atoms with E-state index in [-0.39, 0.29) is 17.8 Å². The van der Waals surface area contributed by atoms with E-state index in [1.807, 2.05) is 18.7 Å². The van der Waals surface area contributed by atoms with E-state index in [9.17, 15) is 9.59 Å². The summed E-state index contributed by atoms with van der Waals surface area (Å²) in [6.45, 7) is 5.56. The number of ether oxygens (including phenoxy) is 1. The second-order valence-corrected chi connectivity index (χ2v) is 5.00. The predicted molar refractivity (Wildman–Crippen MR) is 76.6 cm³/mol. The number of rotatable bonds is 4. The Morgan fingerprint density at radius 1 is 1.32 bits per heavy atom. The van der Waals surface area contributed by atoms with Crippen LogP contribution in [0.3, 0.4) is 0 Å². The number of hydrogen-bond acceptors (Lipinski definition) is 4. The van der Waals surface area contributed by atoms with Crippen molar-refractivity contribution in [3.05, 3.63) is 0 Å². The summed E-state index contributed by atoms with van der Waals surface area (Å²) >= 11 is 5.20. The lowest BCUT2D eigenvalue weighted by Crippen LogP contribution is -2.47. The standard InChI is InChI=1S/C13H22N2O3S/c1-3-5-11(16)14-13(19)15-8-6-10(7-9-15)12(17)18-4-2/h10H,3-9H2,1-2H3,(H,14,16,19). The second-order valence-electron chi connectivity index (χ2n) is 4.62. The maximum absolute atomic E-state index is 11.6. The number of carbonyl (C=O) groups is 2. The van der Waals surface area contributed by atoms with E-state index in [0.717, 1.165) is 19.3 Å². The average molecular weight is 286 g/mol. The van der Waals surface area contributed by atoms with Crippen molar-refractivity contribution in [2.45, 2.75) is 39.5 Å². The van der Waals surface area contributed by atoms with E-state index >= 15 is 0 Å². The van der Waals surface area contributed by atoms with Gasteiger partial charge in [-0.15, -0.1) is 0 Å². The van der Waals surface area contributed by atoms with Gasteiger partial charge in [-0.2, -0.15) is 0 Å². The lowest BCUT2D eigenvalue weighted by Gasteiger charge is -2.32. The molecule has 1 N–H and O–H groups in total. The van der Waals surface area contributed by atoms with Crippen LogP contribution in [-0.4, -0.2) is 41.6 Å². The lowest BCUT2D eigenvalue weighted by atomic mass is 9.97. The van der Waals surface area contributed by atoms with Crippen molar-refractivity contribution in [1.29, 1.82) is 0 Å². The molecule has 1 heterocycles. The second kappa shape index (κ2) is 8.09. The zero-order valence-electron chi connectivity index (χ0n) is 11.6. The lowest BCUT2D eigenvalue weighted by molar-refractivity contribution is -0.149. The Kier molecular flexibility index (Phi) is 6.77. The minimum absolute atomic E-state index is 0.0367. The molecule has 0 aliphatic carbocycles. The van der Waals surface area contributed by atoms with Crippen LogP contribution in [0.1, 0.15) is 39.5 Å². The highest BCUT2D eigenvalue weighted by Crippen LogP contribution is 2.18. The van der Waals surface area contributed by atoms with E-state index in [1.165, 1.54) is 0 Å². The third-order valence-electron chi connectivity index (χ3n) is 3.13. The molecular weight excluding hydrogens is 264 g/mol. The van der Waals surface area contributed by atoms with Crippen LogP contribution in [0.2, 0.25) is 0 Å². The van der Waals surface area contributed by atoms with Gasteiger partial charge in [-0.25, -0.2) is 0 Å². The van der Waals surface area contributed by atoms with Crippen molar-refractivity contribution in [3.8, 4) is 0 Å². The van der Waals surface area contributed by atoms with Gasteiger partial charge in [0, 0.05) is 19.5 Å². The first-order valence-corrected chi connectivity index (χ1v) is 7.24. The van der Waals surface area contributed by atoms with Gasteiger partial charge in [-0.05, 0) is 38.4 Å². The van der Waals surface area contributed by atoms with Crippen molar-refractivity contribution in [2.75, 3.05) is 19.7 Å². The molecule has 0 spiro atoms. The minimum atomic E-state index is -0.122. The molecule has 1 saturated heterocycles. The van der Waals surface area contributed by atoms with Gasteiger partial charge in [0.05, 0.1) is 12.5 Å². The van der Waals surface area contributed by atoms with Gasteiger partial charge in [0.15, 0.2) is 5.11 Å². The third kappa shape index (κ3) is 5.14. The Morgan fingerprint density at radius 3 is 2.47 bits per heavy atom. The first kappa shape index (κ1) is 15.9. The first-order valence-electron chi connectivity index (χ1n) is 6.83. The number of likely N-dealkylation sites (tertiary alicyclic amines) is 1. The highest BCUT2D eigenvalue weighted by molar-refractivity contribution is 7.80. The van der Waals surface area contributed by atoms with Crippen LogP contribution in [0.5, 0.6) is 0 Å². The van der Waals surface area contributed by atoms with Crippen molar-refractivity contribution in [1.82, 2.24) is 10.2 Å². The largest absolute Gasteiger partial charge is 0.466 e. The quantitative estimate of drug-likeness (QED) is 0.626. The molecule has 1 aliphatic rings. The number of hydrogen-bond donors (Lipinski definition) is 1. The van der Waals surface area contributed by atoms with Gasteiger partial charge in [-0.1, -0.05) is 6.92 Å². The van der Waals surface area contributed by atoms with Crippen molar-refractivity contribution < 1.29 is 14.3 Å². The molecule has 108 valence electrons. The molecule has 0 saturated carbocycles. The molecule has 1 aliphatic heterocycles. The molecule has 5 nitrogen and oxygen atoms in total. The molecule has 0 aromatic heterocycles. The summed E-state index contributed by atoms with van der Waals surface area (Å²) < 4.78 is 5.01. The summed E-state index contributed by atoms with van der Waals surface area (Å²) in [7, 11) is 0. The maximum atomic E-state index is 11.6. The summed E-state index contributed by atoms with van der Waals surface area (Å²) in [5.41, 5.74) is 0. The summed E-state index contributed by atoms with van der Waals surface area (Å²) in [5, 5.41) is 3.19. The van der Waals surface area contributed by atoms with Crippen molar-refractivity contribution in [2.24, 2.45) is 5.92 Å². The number of nitrogens with one attached hydrogen (secondary N) is 1. The smallest absolute Gasteiger partial charge is 0.309 e. The fourth-order valence-electron chi connectivity index (χ4n) is 2.07. The number of amides is 1. The Balaban J connectivity index is 2.35. The molecule has 1 rings (SSSR count). The molecule has 1 amide bonds. The van der Waals surface area contributed by atoms with Crippen molar-refractivity contribution >= 4 is 29.2 Å². The SMILES string of the molecule is CCCC(=O)NC(=S)N1CCC(C(=O)OCC)CC1. The predicted octanol–water partition coefficient (Wildman–Crippen LogP) is 1.46. The van der Waals surface area contributed by atoms with Crippen molar-refractivity contribution in [3.63, 3.8) is 0 Å². The topological polar surface area (TPSA) is 58.6 Å². The monoisotopic (exact) mass is 286 g/mol. The van der Waals surface area contributed by atoms with Gasteiger partial charge < -0.3 is 15.0 Å². The van der Waals surface area contributed by atoms with Crippen LogP contribution in [0.15, 0.2) is 0 Å². The zero-order chi connectivity index (χ0) is 14.3. The zero-order valence-corrected chi connectivity index (χ0v) is 12.4. The molecule has 0 unspecified atom stereocenters. The van der Waals surface area contributed by atoms with Gasteiger partial charge in [-0.3, -0.25) is 9.59 Å². The van der Waals surface area contributed by atoms with Crippen LogP contribution >= 0.6 is 12.2 Å². The van der Waals surface area contributed by atoms with E-state index in [1.54, 1.807) is 0 Å². The Hall–Kier alpha value is -1.17. The maximum Gasteiger partial charge on any atom is 0.309 e. The van der Waals surface area contributed by atoms with Gasteiger partial charge in [0.1, 0.15) is 0 Å². The molecule has 1 fully saturated rings. The normalized spacial score (nSPS) is 16.0. The fraction of sp³-hybridized carbons (Fsp3) is 0.769. The van der Waals surface area contributed by atoms with Gasteiger partial charge in [0.25, 0.3) is 0 Å². The van der Waals surface area contributed by atoms with Crippen LogP contribution in [0.25, 0.3) is 0 Å². The number of nitrogens with zero attached hydrogens (tertiary/aromatic N) is 1. The highest BCUT2D eigenvalue weighted by Gasteiger charge is 2.27. The summed E-state index contributed by atoms with van der Waals surface area (Å²) in [5.74, 6) is -0.201. The Bertz CT molecular complexity index is 339. The Morgan fingerprint density at radius 2 is 1.95 bits per heavy atom. The summed E-state index contributed by atoms with van der Waals surface area (Å²) in [6.07, 6.45) is 2.74.